The maximum absolute atomic E-state index is 6.30. The molecule has 4 heteroatoms. The van der Waals surface area contributed by atoms with Gasteiger partial charge in [0.15, 0.2) is 0 Å². The quantitative estimate of drug-likeness (QED) is 0.919. The van der Waals surface area contributed by atoms with Gasteiger partial charge in [-0.05, 0) is 37.9 Å². The molecule has 0 aliphatic carbocycles. The summed E-state index contributed by atoms with van der Waals surface area (Å²) in [5.41, 5.74) is 7.22. The van der Waals surface area contributed by atoms with Crippen LogP contribution in [0.25, 0.3) is 11.0 Å². The van der Waals surface area contributed by atoms with Crippen molar-refractivity contribution in [2.45, 2.75) is 18.9 Å². The highest BCUT2D eigenvalue weighted by molar-refractivity contribution is 5.77. The van der Waals surface area contributed by atoms with Crippen LogP contribution in [0.1, 0.15) is 24.6 Å². The first-order valence-electron chi connectivity index (χ1n) is 7.72. The number of fused-ring (bicyclic) bond motifs is 1. The van der Waals surface area contributed by atoms with E-state index in [-0.39, 0.29) is 6.04 Å². The molecule has 1 aromatic carbocycles. The number of benzene rings is 1. The number of para-hydroxylation sites is 1. The van der Waals surface area contributed by atoms with Crippen molar-refractivity contribution in [1.29, 1.82) is 0 Å². The Morgan fingerprint density at radius 1 is 1.29 bits per heavy atom. The number of ether oxygens (including phenoxy) is 1. The lowest BCUT2D eigenvalue weighted by molar-refractivity contribution is 0.0549. The molecule has 1 saturated heterocycles. The Bertz CT molecular complexity index is 542. The topological polar surface area (TPSA) is 51.6 Å². The van der Waals surface area contributed by atoms with E-state index in [1.807, 2.05) is 18.2 Å². The Morgan fingerprint density at radius 2 is 2.05 bits per heavy atom. The Labute approximate surface area is 125 Å². The summed E-state index contributed by atoms with van der Waals surface area (Å²) in [6, 6.07) is 10.0. The van der Waals surface area contributed by atoms with Crippen molar-refractivity contribution in [1.82, 2.24) is 4.90 Å². The number of likely N-dealkylation sites (N-methyl/N-ethyl adjacent to an activating group) is 1. The lowest BCUT2D eigenvalue weighted by atomic mass is 9.99. The van der Waals surface area contributed by atoms with E-state index in [2.05, 4.69) is 24.1 Å². The van der Waals surface area contributed by atoms with Gasteiger partial charge < -0.3 is 19.8 Å². The first kappa shape index (κ1) is 14.6. The van der Waals surface area contributed by atoms with E-state index in [1.54, 1.807) is 0 Å². The molecule has 1 unspecified atom stereocenters. The summed E-state index contributed by atoms with van der Waals surface area (Å²) in [6.45, 7) is 3.69. The molecule has 1 aromatic heterocycles. The molecule has 3 rings (SSSR count). The molecular weight excluding hydrogens is 264 g/mol. The smallest absolute Gasteiger partial charge is 0.134 e. The second-order valence-corrected chi connectivity index (χ2v) is 6.07. The summed E-state index contributed by atoms with van der Waals surface area (Å²) >= 11 is 0. The largest absolute Gasteiger partial charge is 0.459 e. The molecule has 1 atom stereocenters. The lowest BCUT2D eigenvalue weighted by Gasteiger charge is -2.28. The normalized spacial score (nSPS) is 18.4. The molecule has 1 fully saturated rings. The van der Waals surface area contributed by atoms with Gasteiger partial charge in [-0.2, -0.15) is 0 Å². The molecule has 0 bridgehead atoms. The number of furan rings is 1. The zero-order chi connectivity index (χ0) is 14.7. The third-order valence-corrected chi connectivity index (χ3v) is 4.23. The minimum absolute atomic E-state index is 0.0813. The second-order valence-electron chi connectivity index (χ2n) is 6.07. The minimum atomic E-state index is -0.0813. The predicted octanol–water partition coefficient (Wildman–Crippen LogP) is 2.79. The second kappa shape index (κ2) is 6.60. The number of nitrogens with two attached hydrogens (primary N) is 1. The van der Waals surface area contributed by atoms with Crippen LogP contribution in [0.5, 0.6) is 0 Å². The standard InChI is InChI=1S/C17H24N2O2/c1-19(11-13-6-8-20-9-7-13)12-15(18)17-10-14-4-2-3-5-16(14)21-17/h2-5,10,13,15H,6-9,11-12,18H2,1H3. The molecule has 21 heavy (non-hydrogen) atoms. The van der Waals surface area contributed by atoms with Crippen molar-refractivity contribution >= 4 is 11.0 Å². The van der Waals surface area contributed by atoms with Crippen molar-refractivity contribution in [2.24, 2.45) is 11.7 Å². The van der Waals surface area contributed by atoms with Crippen molar-refractivity contribution < 1.29 is 9.15 Å². The fourth-order valence-corrected chi connectivity index (χ4v) is 3.06. The van der Waals surface area contributed by atoms with Gasteiger partial charge in [0, 0.05) is 31.7 Å². The van der Waals surface area contributed by atoms with Crippen molar-refractivity contribution in [2.75, 3.05) is 33.4 Å². The van der Waals surface area contributed by atoms with Gasteiger partial charge in [0.25, 0.3) is 0 Å². The molecule has 1 aliphatic heterocycles. The maximum Gasteiger partial charge on any atom is 0.134 e. The van der Waals surface area contributed by atoms with Crippen LogP contribution in [0.15, 0.2) is 34.7 Å². The monoisotopic (exact) mass is 288 g/mol. The van der Waals surface area contributed by atoms with Crippen LogP contribution in [0.2, 0.25) is 0 Å². The van der Waals surface area contributed by atoms with Gasteiger partial charge in [0.05, 0.1) is 6.04 Å². The highest BCUT2D eigenvalue weighted by Gasteiger charge is 2.19. The molecule has 0 saturated carbocycles. The third-order valence-electron chi connectivity index (χ3n) is 4.23. The molecule has 2 aromatic rings. The number of hydrogen-bond acceptors (Lipinski definition) is 4. The van der Waals surface area contributed by atoms with Crippen LogP contribution in [-0.2, 0) is 4.74 Å². The van der Waals surface area contributed by atoms with Crippen LogP contribution >= 0.6 is 0 Å². The average Bonchev–Trinajstić information content (AvgIpc) is 2.92. The zero-order valence-electron chi connectivity index (χ0n) is 12.6. The fraction of sp³-hybridized carbons (Fsp3) is 0.529. The zero-order valence-corrected chi connectivity index (χ0v) is 12.6. The van der Waals surface area contributed by atoms with E-state index in [0.29, 0.717) is 0 Å². The summed E-state index contributed by atoms with van der Waals surface area (Å²) < 4.78 is 11.3. The van der Waals surface area contributed by atoms with Gasteiger partial charge in [0.1, 0.15) is 11.3 Å². The Balaban J connectivity index is 1.58. The molecule has 0 amide bonds. The van der Waals surface area contributed by atoms with Crippen LogP contribution in [0, 0.1) is 5.92 Å². The van der Waals surface area contributed by atoms with E-state index in [1.165, 1.54) is 0 Å². The lowest BCUT2D eigenvalue weighted by Crippen LogP contribution is -2.34. The molecule has 4 nitrogen and oxygen atoms in total. The third kappa shape index (κ3) is 3.64. The summed E-state index contributed by atoms with van der Waals surface area (Å²) in [5, 5.41) is 1.12. The summed E-state index contributed by atoms with van der Waals surface area (Å²) in [6.07, 6.45) is 2.31. The van der Waals surface area contributed by atoms with Gasteiger partial charge in [-0.15, -0.1) is 0 Å². The molecule has 2 N–H and O–H groups in total. The molecule has 0 spiro atoms. The van der Waals surface area contributed by atoms with Crippen molar-refractivity contribution in [3.63, 3.8) is 0 Å². The van der Waals surface area contributed by atoms with Gasteiger partial charge in [-0.1, -0.05) is 18.2 Å². The number of nitrogens with zero attached hydrogens (tertiary/aromatic N) is 1. The summed E-state index contributed by atoms with van der Waals surface area (Å²) in [7, 11) is 2.14. The van der Waals surface area contributed by atoms with E-state index in [4.69, 9.17) is 14.9 Å². The fourth-order valence-electron chi connectivity index (χ4n) is 3.06. The highest BCUT2D eigenvalue weighted by atomic mass is 16.5. The Hall–Kier alpha value is -1.36. The van der Waals surface area contributed by atoms with E-state index >= 15 is 0 Å². The number of rotatable bonds is 5. The first-order valence-corrected chi connectivity index (χ1v) is 7.72. The Morgan fingerprint density at radius 3 is 2.81 bits per heavy atom. The average molecular weight is 288 g/mol. The Kier molecular flexibility index (Phi) is 4.58. The van der Waals surface area contributed by atoms with Crippen LogP contribution < -0.4 is 5.73 Å². The summed E-state index contributed by atoms with van der Waals surface area (Å²) in [4.78, 5) is 2.31. The van der Waals surface area contributed by atoms with Gasteiger partial charge in [0.2, 0.25) is 0 Å². The minimum Gasteiger partial charge on any atom is -0.459 e. The first-order chi connectivity index (χ1) is 10.2. The molecular formula is C17H24N2O2. The van der Waals surface area contributed by atoms with Gasteiger partial charge in [-0.25, -0.2) is 0 Å². The molecule has 114 valence electrons. The van der Waals surface area contributed by atoms with Crippen LogP contribution in [0.4, 0.5) is 0 Å². The molecule has 0 radical (unpaired) electrons. The SMILES string of the molecule is CN(CC1CCOCC1)CC(N)c1cc2ccccc2o1. The van der Waals surface area contributed by atoms with Crippen molar-refractivity contribution in [3.05, 3.63) is 36.1 Å². The predicted molar refractivity (Wildman–Crippen MR) is 84.2 cm³/mol. The summed E-state index contributed by atoms with van der Waals surface area (Å²) in [5.74, 6) is 1.60. The molecule has 2 heterocycles. The molecule has 1 aliphatic rings. The van der Waals surface area contributed by atoms with Gasteiger partial charge in [-0.3, -0.25) is 0 Å². The number of hydrogen-bond donors (Lipinski definition) is 1. The highest BCUT2D eigenvalue weighted by Crippen LogP contribution is 2.23. The van der Waals surface area contributed by atoms with E-state index < -0.39 is 0 Å². The van der Waals surface area contributed by atoms with E-state index in [0.717, 1.165) is 61.8 Å². The van der Waals surface area contributed by atoms with Gasteiger partial charge >= 0.3 is 0 Å². The van der Waals surface area contributed by atoms with Crippen LogP contribution in [0.3, 0.4) is 0 Å². The van der Waals surface area contributed by atoms with E-state index in [9.17, 15) is 0 Å². The maximum atomic E-state index is 6.30. The van der Waals surface area contributed by atoms with Crippen molar-refractivity contribution in [3.8, 4) is 0 Å². The van der Waals surface area contributed by atoms with Crippen LogP contribution in [-0.4, -0.2) is 38.3 Å².